The lowest BCUT2D eigenvalue weighted by molar-refractivity contribution is -0.129. The summed E-state index contributed by atoms with van der Waals surface area (Å²) < 4.78 is 0. The molecule has 1 amide bonds. The summed E-state index contributed by atoms with van der Waals surface area (Å²) in [6.45, 7) is 2.35. The Hall–Kier alpha value is -1.04. The fourth-order valence-corrected chi connectivity index (χ4v) is 1.95. The Morgan fingerprint density at radius 1 is 1.73 bits per heavy atom. The van der Waals surface area contributed by atoms with Crippen molar-refractivity contribution in [2.45, 2.75) is 19.4 Å². The van der Waals surface area contributed by atoms with E-state index < -0.39 is 0 Å². The van der Waals surface area contributed by atoms with Crippen molar-refractivity contribution in [2.24, 2.45) is 11.8 Å². The van der Waals surface area contributed by atoms with Crippen molar-refractivity contribution in [2.75, 3.05) is 6.54 Å². The zero-order valence-corrected chi connectivity index (χ0v) is 6.45. The number of fused-ring (bicyclic) bond motifs is 1. The molecule has 2 fully saturated rings. The molecular formula is C8H10N2O. The van der Waals surface area contributed by atoms with Crippen LogP contribution in [-0.4, -0.2) is 23.4 Å². The van der Waals surface area contributed by atoms with Gasteiger partial charge in [0.05, 0.1) is 6.07 Å². The lowest BCUT2D eigenvalue weighted by Crippen LogP contribution is -2.35. The van der Waals surface area contributed by atoms with Crippen molar-refractivity contribution in [3.63, 3.8) is 0 Å². The molecule has 0 aromatic heterocycles. The van der Waals surface area contributed by atoms with Gasteiger partial charge in [-0.1, -0.05) is 0 Å². The van der Waals surface area contributed by atoms with E-state index in [-0.39, 0.29) is 11.9 Å². The maximum atomic E-state index is 11.0. The minimum Gasteiger partial charge on any atom is -0.326 e. The molecule has 0 aromatic rings. The Morgan fingerprint density at radius 3 is 2.91 bits per heavy atom. The van der Waals surface area contributed by atoms with Crippen LogP contribution in [0.2, 0.25) is 0 Å². The Bertz CT molecular complexity index is 243. The minimum atomic E-state index is -0.113. The minimum absolute atomic E-state index is 0.0451. The number of carbonyl (C=O) groups excluding carboxylic acids is 1. The van der Waals surface area contributed by atoms with Gasteiger partial charge in [0.2, 0.25) is 5.91 Å². The van der Waals surface area contributed by atoms with Gasteiger partial charge in [0.25, 0.3) is 0 Å². The standard InChI is InChI=1S/C8H10N2O/c1-5(11)10-4-6-2-7(6)8(10)3-9/h6-8H,2,4H2,1H3/t6-,7-,8-/m0/s1. The number of likely N-dealkylation sites (tertiary alicyclic amines) is 1. The van der Waals surface area contributed by atoms with E-state index in [4.69, 9.17) is 5.26 Å². The van der Waals surface area contributed by atoms with E-state index in [9.17, 15) is 4.79 Å². The Morgan fingerprint density at radius 2 is 2.45 bits per heavy atom. The molecule has 0 spiro atoms. The average molecular weight is 150 g/mol. The number of nitriles is 1. The molecular weight excluding hydrogens is 140 g/mol. The van der Waals surface area contributed by atoms with Gasteiger partial charge < -0.3 is 4.90 Å². The number of piperidine rings is 1. The third-order valence-electron chi connectivity index (χ3n) is 2.69. The first-order valence-corrected chi connectivity index (χ1v) is 3.91. The summed E-state index contributed by atoms with van der Waals surface area (Å²) >= 11 is 0. The molecule has 1 heterocycles. The Labute approximate surface area is 65.6 Å². The van der Waals surface area contributed by atoms with Crippen LogP contribution in [0, 0.1) is 23.2 Å². The second-order valence-electron chi connectivity index (χ2n) is 3.40. The zero-order chi connectivity index (χ0) is 8.01. The van der Waals surface area contributed by atoms with Gasteiger partial charge in [0.1, 0.15) is 6.04 Å². The highest BCUT2D eigenvalue weighted by molar-refractivity contribution is 5.74. The van der Waals surface area contributed by atoms with E-state index in [1.165, 1.54) is 6.92 Å². The molecule has 2 aliphatic rings. The van der Waals surface area contributed by atoms with E-state index in [0.29, 0.717) is 11.8 Å². The highest BCUT2D eigenvalue weighted by Gasteiger charge is 2.53. The predicted octanol–water partition coefficient (Wildman–Crippen LogP) is 0.377. The summed E-state index contributed by atoms with van der Waals surface area (Å²) in [7, 11) is 0. The number of rotatable bonds is 0. The third-order valence-corrected chi connectivity index (χ3v) is 2.69. The summed E-state index contributed by atoms with van der Waals surface area (Å²) in [6.07, 6.45) is 1.15. The predicted molar refractivity (Wildman–Crippen MR) is 38.4 cm³/mol. The molecule has 0 radical (unpaired) electrons. The van der Waals surface area contributed by atoms with E-state index >= 15 is 0 Å². The highest BCUT2D eigenvalue weighted by atomic mass is 16.2. The summed E-state index contributed by atoms with van der Waals surface area (Å²) in [4.78, 5) is 12.6. The van der Waals surface area contributed by atoms with Gasteiger partial charge in [-0.2, -0.15) is 5.26 Å². The first-order chi connectivity index (χ1) is 5.24. The normalized spacial score (nSPS) is 39.6. The first-order valence-electron chi connectivity index (χ1n) is 3.91. The summed E-state index contributed by atoms with van der Waals surface area (Å²) in [5.41, 5.74) is 0. The number of nitrogens with zero attached hydrogens (tertiary/aromatic N) is 2. The maximum Gasteiger partial charge on any atom is 0.220 e. The van der Waals surface area contributed by atoms with Gasteiger partial charge in [-0.05, 0) is 18.3 Å². The lowest BCUT2D eigenvalue weighted by Gasteiger charge is -2.19. The summed E-state index contributed by atoms with van der Waals surface area (Å²) in [5, 5.41) is 8.74. The van der Waals surface area contributed by atoms with Crippen molar-refractivity contribution in [3.8, 4) is 6.07 Å². The molecule has 2 rings (SSSR count). The smallest absolute Gasteiger partial charge is 0.220 e. The molecule has 3 atom stereocenters. The SMILES string of the molecule is CC(=O)N1C[C@@H]2C[C@@H]2[C@@H]1C#N. The van der Waals surface area contributed by atoms with Crippen LogP contribution in [0.5, 0.6) is 0 Å². The highest BCUT2D eigenvalue weighted by Crippen LogP contribution is 2.49. The van der Waals surface area contributed by atoms with Crippen molar-refractivity contribution in [3.05, 3.63) is 0 Å². The number of carbonyl (C=O) groups is 1. The van der Waals surface area contributed by atoms with Crippen molar-refractivity contribution in [1.29, 1.82) is 5.26 Å². The van der Waals surface area contributed by atoms with Crippen molar-refractivity contribution >= 4 is 5.91 Å². The van der Waals surface area contributed by atoms with Crippen LogP contribution in [0.15, 0.2) is 0 Å². The van der Waals surface area contributed by atoms with E-state index in [2.05, 4.69) is 6.07 Å². The van der Waals surface area contributed by atoms with Crippen LogP contribution in [0.3, 0.4) is 0 Å². The zero-order valence-electron chi connectivity index (χ0n) is 6.45. The Balaban J connectivity index is 2.14. The van der Waals surface area contributed by atoms with Crippen LogP contribution in [0.25, 0.3) is 0 Å². The van der Waals surface area contributed by atoms with Gasteiger partial charge in [-0.25, -0.2) is 0 Å². The van der Waals surface area contributed by atoms with Crippen LogP contribution >= 0.6 is 0 Å². The van der Waals surface area contributed by atoms with Crippen molar-refractivity contribution in [1.82, 2.24) is 4.90 Å². The van der Waals surface area contributed by atoms with Crippen LogP contribution in [-0.2, 0) is 4.79 Å². The van der Waals surface area contributed by atoms with E-state index in [0.717, 1.165) is 13.0 Å². The van der Waals surface area contributed by atoms with Crippen LogP contribution in [0.1, 0.15) is 13.3 Å². The van der Waals surface area contributed by atoms with Gasteiger partial charge in [-0.15, -0.1) is 0 Å². The molecule has 11 heavy (non-hydrogen) atoms. The lowest BCUT2D eigenvalue weighted by atomic mass is 10.2. The molecule has 3 heteroatoms. The first kappa shape index (κ1) is 6.66. The van der Waals surface area contributed by atoms with Crippen molar-refractivity contribution < 1.29 is 4.79 Å². The quantitative estimate of drug-likeness (QED) is 0.501. The summed E-state index contributed by atoms with van der Waals surface area (Å²) in [6, 6.07) is 2.08. The fraction of sp³-hybridized carbons (Fsp3) is 0.750. The van der Waals surface area contributed by atoms with E-state index in [1.807, 2.05) is 0 Å². The van der Waals surface area contributed by atoms with Gasteiger partial charge >= 0.3 is 0 Å². The molecule has 1 saturated carbocycles. The van der Waals surface area contributed by atoms with E-state index in [1.54, 1.807) is 4.90 Å². The molecule has 1 aliphatic carbocycles. The van der Waals surface area contributed by atoms with Gasteiger partial charge in [-0.3, -0.25) is 4.79 Å². The largest absolute Gasteiger partial charge is 0.326 e. The average Bonchev–Trinajstić information content (AvgIpc) is 2.63. The Kier molecular flexibility index (Phi) is 1.19. The number of amides is 1. The van der Waals surface area contributed by atoms with Gasteiger partial charge in [0, 0.05) is 13.5 Å². The fourth-order valence-electron chi connectivity index (χ4n) is 1.95. The molecule has 0 bridgehead atoms. The van der Waals surface area contributed by atoms with Gasteiger partial charge in [0.15, 0.2) is 0 Å². The number of hydrogen-bond acceptors (Lipinski definition) is 2. The summed E-state index contributed by atoms with van der Waals surface area (Å²) in [5.74, 6) is 1.19. The molecule has 0 unspecified atom stereocenters. The number of hydrogen-bond donors (Lipinski definition) is 0. The molecule has 0 aromatic carbocycles. The third kappa shape index (κ3) is 0.823. The molecule has 3 nitrogen and oxygen atoms in total. The maximum absolute atomic E-state index is 11.0. The van der Waals surface area contributed by atoms with Crippen LogP contribution in [0.4, 0.5) is 0 Å². The molecule has 0 N–H and O–H groups in total. The topological polar surface area (TPSA) is 44.1 Å². The molecule has 1 aliphatic heterocycles. The second-order valence-corrected chi connectivity index (χ2v) is 3.40. The molecule has 58 valence electrons. The second kappa shape index (κ2) is 1.97. The molecule has 1 saturated heterocycles. The monoisotopic (exact) mass is 150 g/mol. The van der Waals surface area contributed by atoms with Crippen LogP contribution < -0.4 is 0 Å².